The molecule has 0 spiro atoms. The predicted molar refractivity (Wildman–Crippen MR) is 98.6 cm³/mol. The highest BCUT2D eigenvalue weighted by Crippen LogP contribution is 2.30. The maximum Gasteiger partial charge on any atom is 0.343 e. The summed E-state index contributed by atoms with van der Waals surface area (Å²) in [5, 5.41) is 0. The number of hydrogen-bond acceptors (Lipinski definition) is 3. The second-order valence-electron chi connectivity index (χ2n) is 6.47. The van der Waals surface area contributed by atoms with Crippen molar-refractivity contribution < 1.29 is 13.9 Å². The molecule has 3 nitrogen and oxygen atoms in total. The van der Waals surface area contributed by atoms with Crippen molar-refractivity contribution in [2.75, 3.05) is 0 Å². The summed E-state index contributed by atoms with van der Waals surface area (Å²) in [6, 6.07) is 11.8. The Morgan fingerprint density at radius 3 is 2.30 bits per heavy atom. The molecular formula is C19H17IO3. The molecule has 0 atom stereocenters. The first-order valence-corrected chi connectivity index (χ1v) is 8.43. The molecule has 0 bridgehead atoms. The molecule has 23 heavy (non-hydrogen) atoms. The Morgan fingerprint density at radius 1 is 1.04 bits per heavy atom. The Bertz CT molecular complexity index is 802. The molecule has 0 radical (unpaired) electrons. The molecular weight excluding hydrogens is 403 g/mol. The molecule has 1 aromatic heterocycles. The number of carbonyl (C=O) groups excluding carboxylic acids is 1. The smallest absolute Gasteiger partial charge is 0.343 e. The molecule has 0 unspecified atom stereocenters. The molecule has 3 rings (SSSR count). The minimum Gasteiger partial charge on any atom is -0.451 e. The zero-order valence-electron chi connectivity index (χ0n) is 13.2. The first-order valence-electron chi connectivity index (χ1n) is 7.35. The fraction of sp³-hybridized carbons (Fsp3) is 0.211. The van der Waals surface area contributed by atoms with Crippen molar-refractivity contribution in [3.8, 4) is 0 Å². The van der Waals surface area contributed by atoms with Gasteiger partial charge in [0.05, 0.1) is 5.57 Å². The summed E-state index contributed by atoms with van der Waals surface area (Å²) in [4.78, 5) is 12.0. The van der Waals surface area contributed by atoms with Crippen LogP contribution in [0.1, 0.15) is 37.7 Å². The van der Waals surface area contributed by atoms with E-state index in [9.17, 15) is 4.79 Å². The van der Waals surface area contributed by atoms with Gasteiger partial charge in [-0.3, -0.25) is 0 Å². The molecule has 2 heterocycles. The van der Waals surface area contributed by atoms with E-state index < -0.39 is 0 Å². The normalized spacial score (nSPS) is 16.6. The average molecular weight is 420 g/mol. The quantitative estimate of drug-likeness (QED) is 0.383. The van der Waals surface area contributed by atoms with Gasteiger partial charge in [0.2, 0.25) is 0 Å². The number of rotatable bonds is 2. The molecule has 4 heteroatoms. The fourth-order valence-electron chi connectivity index (χ4n) is 2.32. The van der Waals surface area contributed by atoms with Crippen molar-refractivity contribution in [1.82, 2.24) is 0 Å². The van der Waals surface area contributed by atoms with Crippen LogP contribution in [0.15, 0.2) is 52.5 Å². The van der Waals surface area contributed by atoms with Crippen molar-refractivity contribution in [2.45, 2.75) is 26.2 Å². The number of furan rings is 1. The molecule has 0 N–H and O–H groups in total. The van der Waals surface area contributed by atoms with Crippen molar-refractivity contribution in [3.05, 3.63) is 68.7 Å². The van der Waals surface area contributed by atoms with E-state index in [1.165, 1.54) is 5.56 Å². The highest BCUT2D eigenvalue weighted by Gasteiger charge is 2.23. The topological polar surface area (TPSA) is 39.4 Å². The van der Waals surface area contributed by atoms with Crippen molar-refractivity contribution in [1.29, 1.82) is 0 Å². The predicted octanol–water partition coefficient (Wildman–Crippen LogP) is 5.16. The lowest BCUT2D eigenvalue weighted by atomic mass is 9.86. The summed E-state index contributed by atoms with van der Waals surface area (Å²) in [6.45, 7) is 6.51. The molecule has 1 aliphatic heterocycles. The van der Waals surface area contributed by atoms with Crippen LogP contribution in [0.5, 0.6) is 0 Å². The summed E-state index contributed by atoms with van der Waals surface area (Å²) in [5.74, 6) is 0.858. The van der Waals surface area contributed by atoms with Gasteiger partial charge in [-0.2, -0.15) is 0 Å². The third kappa shape index (κ3) is 3.58. The first kappa shape index (κ1) is 16.1. The number of halogens is 1. The van der Waals surface area contributed by atoms with Gasteiger partial charge in [-0.05, 0) is 57.9 Å². The number of ether oxygens (including phenoxy) is 1. The number of cyclic esters (lactones) is 1. The average Bonchev–Trinajstić information content (AvgIpc) is 3.05. The monoisotopic (exact) mass is 420 g/mol. The lowest BCUT2D eigenvalue weighted by Gasteiger charge is -2.19. The lowest BCUT2D eigenvalue weighted by molar-refractivity contribution is -0.130. The number of esters is 1. The van der Waals surface area contributed by atoms with Crippen molar-refractivity contribution in [2.24, 2.45) is 0 Å². The van der Waals surface area contributed by atoms with E-state index in [1.54, 1.807) is 12.2 Å². The number of benzene rings is 1. The summed E-state index contributed by atoms with van der Waals surface area (Å²) in [6.07, 6.45) is 3.45. The molecule has 118 valence electrons. The van der Waals surface area contributed by atoms with E-state index in [0.717, 1.165) is 9.33 Å². The van der Waals surface area contributed by atoms with Crippen LogP contribution in [0.4, 0.5) is 0 Å². The summed E-state index contributed by atoms with van der Waals surface area (Å²) < 4.78 is 11.6. The lowest BCUT2D eigenvalue weighted by Crippen LogP contribution is -2.10. The Hall–Kier alpha value is -1.82. The van der Waals surface area contributed by atoms with Crippen molar-refractivity contribution >= 4 is 40.4 Å². The van der Waals surface area contributed by atoms with Crippen molar-refractivity contribution in [3.63, 3.8) is 0 Å². The van der Waals surface area contributed by atoms with Gasteiger partial charge in [0.1, 0.15) is 11.5 Å². The van der Waals surface area contributed by atoms with E-state index in [2.05, 4.69) is 55.5 Å². The molecule has 1 aromatic carbocycles. The summed E-state index contributed by atoms with van der Waals surface area (Å²) in [5.41, 5.74) is 2.72. The van der Waals surface area contributed by atoms with Crippen LogP contribution < -0.4 is 0 Å². The van der Waals surface area contributed by atoms with E-state index in [-0.39, 0.29) is 11.4 Å². The fourth-order valence-corrected chi connectivity index (χ4v) is 2.76. The van der Waals surface area contributed by atoms with Gasteiger partial charge in [-0.25, -0.2) is 4.79 Å². The van der Waals surface area contributed by atoms with E-state index >= 15 is 0 Å². The second-order valence-corrected chi connectivity index (χ2v) is 7.53. The zero-order valence-corrected chi connectivity index (χ0v) is 15.4. The molecule has 0 saturated carbocycles. The van der Waals surface area contributed by atoms with Crippen LogP contribution >= 0.6 is 22.6 Å². The van der Waals surface area contributed by atoms with Gasteiger partial charge in [0.15, 0.2) is 3.77 Å². The Morgan fingerprint density at radius 2 is 1.74 bits per heavy atom. The van der Waals surface area contributed by atoms with Crippen LogP contribution in [-0.2, 0) is 14.9 Å². The Kier molecular flexibility index (Phi) is 4.19. The molecule has 1 aliphatic rings. The van der Waals surface area contributed by atoms with Gasteiger partial charge < -0.3 is 9.15 Å². The van der Waals surface area contributed by atoms with Crippen LogP contribution in [0, 0.1) is 3.77 Å². The highest BCUT2D eigenvalue weighted by molar-refractivity contribution is 14.1. The Balaban J connectivity index is 1.88. The minimum atomic E-state index is -0.355. The minimum absolute atomic E-state index is 0.0980. The molecule has 0 aliphatic carbocycles. The van der Waals surface area contributed by atoms with Crippen LogP contribution in [0.25, 0.3) is 11.8 Å². The third-order valence-corrected chi connectivity index (χ3v) is 4.23. The summed E-state index contributed by atoms with van der Waals surface area (Å²) in [7, 11) is 0. The van der Waals surface area contributed by atoms with Gasteiger partial charge in [0.25, 0.3) is 0 Å². The van der Waals surface area contributed by atoms with E-state index in [0.29, 0.717) is 17.1 Å². The van der Waals surface area contributed by atoms with Crippen LogP contribution in [-0.4, -0.2) is 5.97 Å². The maximum atomic E-state index is 12.0. The van der Waals surface area contributed by atoms with Gasteiger partial charge >= 0.3 is 5.97 Å². The molecule has 0 fully saturated rings. The largest absolute Gasteiger partial charge is 0.451 e. The zero-order chi connectivity index (χ0) is 16.6. The molecule has 2 aromatic rings. The number of carbonyl (C=O) groups is 1. The standard InChI is InChI=1S/C19H17IO3/c1-19(2,3)14-6-4-12(5-7-14)16-11-13(18(21)23-16)10-15-8-9-17(20)22-15/h4-11H,1-3H3/b13-10+. The van der Waals surface area contributed by atoms with Crippen LogP contribution in [0.3, 0.4) is 0 Å². The number of hydrogen-bond donors (Lipinski definition) is 0. The molecule has 0 amide bonds. The summed E-state index contributed by atoms with van der Waals surface area (Å²) >= 11 is 2.09. The Labute approximate surface area is 149 Å². The van der Waals surface area contributed by atoms with Gasteiger partial charge in [-0.15, -0.1) is 0 Å². The SMILES string of the molecule is CC(C)(C)c1ccc(C2=C/C(=C\c3ccc(I)o3)C(=O)O2)cc1. The molecule has 0 saturated heterocycles. The van der Waals surface area contributed by atoms with Gasteiger partial charge in [-0.1, -0.05) is 45.0 Å². The first-order chi connectivity index (χ1) is 10.8. The second kappa shape index (κ2) is 6.00. The highest BCUT2D eigenvalue weighted by atomic mass is 127. The third-order valence-electron chi connectivity index (χ3n) is 3.65. The van der Waals surface area contributed by atoms with E-state index in [4.69, 9.17) is 9.15 Å². The van der Waals surface area contributed by atoms with E-state index in [1.807, 2.05) is 24.3 Å². The van der Waals surface area contributed by atoms with Crippen LogP contribution in [0.2, 0.25) is 0 Å². The van der Waals surface area contributed by atoms with Gasteiger partial charge in [0, 0.05) is 5.56 Å². The maximum absolute atomic E-state index is 12.0.